The van der Waals surface area contributed by atoms with Crippen LogP contribution in [0.25, 0.3) is 0 Å². The number of carbonyl (C=O) groups is 2. The van der Waals surface area contributed by atoms with Crippen LogP contribution in [0.1, 0.15) is 11.5 Å². The van der Waals surface area contributed by atoms with E-state index in [-0.39, 0.29) is 5.56 Å². The van der Waals surface area contributed by atoms with Crippen molar-refractivity contribution < 1.29 is 29.0 Å². The zero-order chi connectivity index (χ0) is 13.1. The van der Waals surface area contributed by atoms with Crippen LogP contribution in [-0.2, 0) is 14.2 Å². The first kappa shape index (κ1) is 13.6. The Morgan fingerprint density at radius 3 is 2.12 bits per heavy atom. The molecule has 0 saturated carbocycles. The van der Waals surface area contributed by atoms with Crippen molar-refractivity contribution >= 4 is 19.3 Å². The van der Waals surface area contributed by atoms with E-state index in [0.29, 0.717) is 0 Å². The lowest BCUT2D eigenvalue weighted by Gasteiger charge is -2.14. The minimum Gasteiger partial charge on any atom is -0.475 e. The number of hydrogen-bond donors (Lipinski definition) is 3. The smallest absolute Gasteiger partial charge is 0.372 e. The Balaban J connectivity index is 3.08. The summed E-state index contributed by atoms with van der Waals surface area (Å²) >= 11 is 0. The van der Waals surface area contributed by atoms with Crippen LogP contribution in [0.4, 0.5) is 0 Å². The van der Waals surface area contributed by atoms with Gasteiger partial charge in [-0.2, -0.15) is 0 Å². The van der Waals surface area contributed by atoms with Gasteiger partial charge >= 0.3 is 13.6 Å². The molecule has 1 atom stereocenters. The molecule has 0 saturated heterocycles. The Kier molecular flexibility index (Phi) is 4.17. The van der Waals surface area contributed by atoms with Gasteiger partial charge in [0.25, 0.3) is 0 Å². The molecule has 3 N–H and O–H groups in total. The molecule has 0 heterocycles. The van der Waals surface area contributed by atoms with E-state index in [0.717, 1.165) is 0 Å². The molecule has 1 aromatic rings. The second-order valence-corrected chi connectivity index (χ2v) is 5.17. The standard InChI is InChI=1S/C10H11O6P/c11-9(10(12)13)8(6-17(14,15)16)7-4-2-1-3-5-7/h1-5,8H,6H2,(H,12,13)(H2,14,15,16). The molecule has 0 amide bonds. The van der Waals surface area contributed by atoms with Gasteiger partial charge in [0, 0.05) is 0 Å². The van der Waals surface area contributed by atoms with Crippen molar-refractivity contribution in [3.05, 3.63) is 35.9 Å². The van der Waals surface area contributed by atoms with E-state index in [1.165, 1.54) is 12.1 Å². The summed E-state index contributed by atoms with van der Waals surface area (Å²) in [6, 6.07) is 7.71. The fraction of sp³-hybridized carbons (Fsp3) is 0.200. The van der Waals surface area contributed by atoms with Gasteiger partial charge in [0.2, 0.25) is 5.78 Å². The van der Waals surface area contributed by atoms with Crippen LogP contribution in [0.2, 0.25) is 0 Å². The van der Waals surface area contributed by atoms with Crippen molar-refractivity contribution in [1.29, 1.82) is 0 Å². The summed E-state index contributed by atoms with van der Waals surface area (Å²) in [4.78, 5) is 39.7. The fourth-order valence-corrected chi connectivity index (χ4v) is 2.26. The monoisotopic (exact) mass is 258 g/mol. The molecule has 0 aliphatic carbocycles. The maximum absolute atomic E-state index is 11.4. The molecule has 0 aliphatic rings. The van der Waals surface area contributed by atoms with Gasteiger partial charge in [-0.25, -0.2) is 4.79 Å². The highest BCUT2D eigenvalue weighted by molar-refractivity contribution is 7.51. The van der Waals surface area contributed by atoms with Crippen molar-refractivity contribution in [3.63, 3.8) is 0 Å². The molecule has 1 unspecified atom stereocenters. The highest BCUT2D eigenvalue weighted by Gasteiger charge is 2.32. The Hall–Kier alpha value is -1.49. The number of carboxylic acid groups (broad SMARTS) is 1. The summed E-state index contributed by atoms with van der Waals surface area (Å²) < 4.78 is 10.9. The molecule has 0 aliphatic heterocycles. The minimum absolute atomic E-state index is 0.281. The normalized spacial score (nSPS) is 13.1. The van der Waals surface area contributed by atoms with E-state index >= 15 is 0 Å². The van der Waals surface area contributed by atoms with Crippen LogP contribution in [0.3, 0.4) is 0 Å². The van der Waals surface area contributed by atoms with Crippen LogP contribution in [-0.4, -0.2) is 32.8 Å². The lowest BCUT2D eigenvalue weighted by Crippen LogP contribution is -2.24. The van der Waals surface area contributed by atoms with E-state index in [1.807, 2.05) is 0 Å². The van der Waals surface area contributed by atoms with E-state index in [9.17, 15) is 14.2 Å². The largest absolute Gasteiger partial charge is 0.475 e. The first-order valence-corrected chi connectivity index (χ1v) is 6.47. The third-order valence-electron chi connectivity index (χ3n) is 2.15. The molecule has 0 radical (unpaired) electrons. The highest BCUT2D eigenvalue weighted by Crippen LogP contribution is 2.40. The Morgan fingerprint density at radius 2 is 1.71 bits per heavy atom. The quantitative estimate of drug-likeness (QED) is 0.526. The number of aliphatic carboxylic acids is 1. The van der Waals surface area contributed by atoms with Crippen molar-refractivity contribution in [3.8, 4) is 0 Å². The van der Waals surface area contributed by atoms with Gasteiger partial charge in [0.1, 0.15) is 0 Å². The predicted molar refractivity (Wildman–Crippen MR) is 58.7 cm³/mol. The number of hydrogen-bond acceptors (Lipinski definition) is 3. The van der Waals surface area contributed by atoms with Gasteiger partial charge in [0.05, 0.1) is 12.1 Å². The molecule has 92 valence electrons. The van der Waals surface area contributed by atoms with Crippen molar-refractivity contribution in [2.75, 3.05) is 6.16 Å². The van der Waals surface area contributed by atoms with Gasteiger partial charge in [0.15, 0.2) is 0 Å². The first-order valence-electron chi connectivity index (χ1n) is 4.68. The second kappa shape index (κ2) is 5.23. The second-order valence-electron chi connectivity index (χ2n) is 3.48. The molecule has 17 heavy (non-hydrogen) atoms. The Labute approximate surface area is 97.1 Å². The summed E-state index contributed by atoms with van der Waals surface area (Å²) in [6.45, 7) is 0. The van der Waals surface area contributed by atoms with E-state index in [1.54, 1.807) is 18.2 Å². The summed E-state index contributed by atoms with van der Waals surface area (Å²) in [5.41, 5.74) is 0.281. The molecule has 6 nitrogen and oxygen atoms in total. The van der Waals surface area contributed by atoms with Gasteiger partial charge in [-0.05, 0) is 5.56 Å². The summed E-state index contributed by atoms with van der Waals surface area (Å²) in [5.74, 6) is -4.25. The molecule has 0 fully saturated rings. The number of benzene rings is 1. The van der Waals surface area contributed by atoms with E-state index < -0.39 is 31.4 Å². The molecule has 1 aromatic carbocycles. The average Bonchev–Trinajstić information content (AvgIpc) is 2.25. The van der Waals surface area contributed by atoms with Gasteiger partial charge in [-0.3, -0.25) is 9.36 Å². The third kappa shape index (κ3) is 4.11. The number of carboxylic acids is 1. The number of ketones is 1. The average molecular weight is 258 g/mol. The van der Waals surface area contributed by atoms with Crippen LogP contribution < -0.4 is 0 Å². The lowest BCUT2D eigenvalue weighted by molar-refractivity contribution is -0.149. The maximum Gasteiger partial charge on any atom is 0.372 e. The SMILES string of the molecule is O=C(O)C(=O)C(CP(=O)(O)O)c1ccccc1. The fourth-order valence-electron chi connectivity index (χ4n) is 1.41. The van der Waals surface area contributed by atoms with Crippen LogP contribution in [0.15, 0.2) is 30.3 Å². The van der Waals surface area contributed by atoms with Crippen LogP contribution in [0.5, 0.6) is 0 Å². The maximum atomic E-state index is 11.4. The van der Waals surface area contributed by atoms with Crippen molar-refractivity contribution in [2.24, 2.45) is 0 Å². The molecule has 0 bridgehead atoms. The molecule has 1 rings (SSSR count). The van der Waals surface area contributed by atoms with E-state index in [2.05, 4.69) is 0 Å². The van der Waals surface area contributed by atoms with Gasteiger partial charge in [-0.1, -0.05) is 30.3 Å². The highest BCUT2D eigenvalue weighted by atomic mass is 31.2. The number of rotatable bonds is 5. The third-order valence-corrected chi connectivity index (χ3v) is 2.99. The van der Waals surface area contributed by atoms with Crippen molar-refractivity contribution in [2.45, 2.75) is 5.92 Å². The van der Waals surface area contributed by atoms with Gasteiger partial charge in [-0.15, -0.1) is 0 Å². The first-order chi connectivity index (χ1) is 7.81. The van der Waals surface area contributed by atoms with Gasteiger partial charge < -0.3 is 14.9 Å². The number of carbonyl (C=O) groups excluding carboxylic acids is 1. The Morgan fingerprint density at radius 1 is 1.18 bits per heavy atom. The molecule has 0 aromatic heterocycles. The zero-order valence-corrected chi connectivity index (χ0v) is 9.58. The van der Waals surface area contributed by atoms with Crippen molar-refractivity contribution in [1.82, 2.24) is 0 Å². The van der Waals surface area contributed by atoms with Crippen LogP contribution >= 0.6 is 7.60 Å². The lowest BCUT2D eigenvalue weighted by atomic mass is 9.97. The topological polar surface area (TPSA) is 112 Å². The summed E-state index contributed by atoms with van der Waals surface area (Å²) in [5, 5.41) is 8.61. The summed E-state index contributed by atoms with van der Waals surface area (Å²) in [7, 11) is -4.47. The predicted octanol–water partition coefficient (Wildman–Crippen LogP) is 0.602. The molecule has 7 heteroatoms. The Bertz CT molecular complexity index is 463. The molecular formula is C10H11O6P. The minimum atomic E-state index is -4.47. The van der Waals surface area contributed by atoms with E-state index in [4.69, 9.17) is 14.9 Å². The van der Waals surface area contributed by atoms with Crippen LogP contribution in [0, 0.1) is 0 Å². The molecular weight excluding hydrogens is 247 g/mol. The number of Topliss-reactive ketones (excluding diaryl/α,β-unsaturated/α-hetero) is 1. The zero-order valence-electron chi connectivity index (χ0n) is 8.68. The molecule has 0 spiro atoms. The summed E-state index contributed by atoms with van der Waals surface area (Å²) in [6.07, 6.45) is -0.803.